The van der Waals surface area contributed by atoms with Crippen molar-refractivity contribution in [3.05, 3.63) is 39.9 Å². The molecular weight excluding hydrogens is 426 g/mol. The summed E-state index contributed by atoms with van der Waals surface area (Å²) in [4.78, 5) is 38.3. The van der Waals surface area contributed by atoms with Gasteiger partial charge in [0.2, 0.25) is 5.91 Å². The van der Waals surface area contributed by atoms with Gasteiger partial charge in [-0.25, -0.2) is 0 Å². The normalized spacial score (nSPS) is 16.8. The summed E-state index contributed by atoms with van der Waals surface area (Å²) in [5, 5.41) is 2.84. The number of amides is 3. The monoisotopic (exact) mass is 447 g/mol. The van der Waals surface area contributed by atoms with Crippen molar-refractivity contribution < 1.29 is 19.1 Å². The Kier molecular flexibility index (Phi) is 6.18. The van der Waals surface area contributed by atoms with E-state index < -0.39 is 5.91 Å². The van der Waals surface area contributed by atoms with E-state index in [1.165, 1.54) is 0 Å². The largest absolute Gasteiger partial charge is 0.482 e. The zero-order valence-electron chi connectivity index (χ0n) is 15.6. The lowest BCUT2D eigenvalue weighted by Gasteiger charge is -2.29. The second kappa shape index (κ2) is 8.60. The first kappa shape index (κ1) is 20.1. The molecule has 8 heteroatoms. The number of anilines is 2. The van der Waals surface area contributed by atoms with Crippen LogP contribution < -0.4 is 20.7 Å². The van der Waals surface area contributed by atoms with Crippen molar-refractivity contribution in [1.29, 1.82) is 0 Å². The van der Waals surface area contributed by atoms with Gasteiger partial charge in [0.1, 0.15) is 5.75 Å². The molecule has 1 aromatic rings. The molecule has 0 radical (unpaired) electrons. The Morgan fingerprint density at radius 1 is 1.29 bits per heavy atom. The van der Waals surface area contributed by atoms with Gasteiger partial charge in [-0.05, 0) is 60.7 Å². The van der Waals surface area contributed by atoms with Crippen molar-refractivity contribution >= 4 is 45.0 Å². The van der Waals surface area contributed by atoms with Crippen LogP contribution in [0.15, 0.2) is 39.9 Å². The van der Waals surface area contributed by atoms with Crippen molar-refractivity contribution in [2.45, 2.75) is 32.6 Å². The molecule has 1 aliphatic carbocycles. The average molecular weight is 448 g/mol. The van der Waals surface area contributed by atoms with Gasteiger partial charge in [0.15, 0.2) is 6.61 Å². The molecule has 1 heterocycles. The molecule has 28 heavy (non-hydrogen) atoms. The number of rotatable bonds is 5. The van der Waals surface area contributed by atoms with Crippen molar-refractivity contribution in [2.75, 3.05) is 23.4 Å². The van der Waals surface area contributed by atoms with Crippen LogP contribution in [0.2, 0.25) is 0 Å². The van der Waals surface area contributed by atoms with Crippen molar-refractivity contribution in [1.82, 2.24) is 0 Å². The molecule has 3 rings (SSSR count). The molecule has 1 aromatic carbocycles. The number of carbonyl (C=O) groups excluding carboxylic acids is 3. The Labute approximate surface area is 171 Å². The Morgan fingerprint density at radius 2 is 2.00 bits per heavy atom. The van der Waals surface area contributed by atoms with Gasteiger partial charge in [-0.2, -0.15) is 0 Å². The molecule has 0 saturated carbocycles. The third-order valence-electron chi connectivity index (χ3n) is 4.80. The highest BCUT2D eigenvalue weighted by Gasteiger charge is 2.27. The Balaban J connectivity index is 1.93. The minimum Gasteiger partial charge on any atom is -0.482 e. The lowest BCUT2D eigenvalue weighted by molar-refractivity contribution is -0.121. The van der Waals surface area contributed by atoms with Gasteiger partial charge >= 0.3 is 0 Å². The first-order valence-electron chi connectivity index (χ1n) is 9.13. The number of nitrogens with one attached hydrogen (secondary N) is 1. The number of hydrogen-bond acceptors (Lipinski definition) is 4. The lowest BCUT2D eigenvalue weighted by atomic mass is 9.90. The molecule has 0 atom stereocenters. The van der Waals surface area contributed by atoms with Gasteiger partial charge in [-0.3, -0.25) is 14.4 Å². The molecule has 0 saturated heterocycles. The molecular formula is C20H22BrN3O4. The van der Waals surface area contributed by atoms with Crippen molar-refractivity contribution in [2.24, 2.45) is 5.73 Å². The fraction of sp³-hybridized carbons (Fsp3) is 0.350. The van der Waals surface area contributed by atoms with E-state index in [2.05, 4.69) is 21.2 Å². The van der Waals surface area contributed by atoms with E-state index in [0.717, 1.165) is 12.8 Å². The summed E-state index contributed by atoms with van der Waals surface area (Å²) in [6.07, 6.45) is 6.45. The van der Waals surface area contributed by atoms with Crippen LogP contribution in [-0.2, 0) is 14.4 Å². The maximum absolute atomic E-state index is 12.8. The van der Waals surface area contributed by atoms with Gasteiger partial charge in [-0.1, -0.05) is 12.2 Å². The van der Waals surface area contributed by atoms with E-state index >= 15 is 0 Å². The second-order valence-corrected chi connectivity index (χ2v) is 7.50. The first-order chi connectivity index (χ1) is 13.4. The van der Waals surface area contributed by atoms with E-state index in [0.29, 0.717) is 52.1 Å². The molecule has 2 aliphatic rings. The average Bonchev–Trinajstić information content (AvgIpc) is 2.68. The number of halogens is 1. The van der Waals surface area contributed by atoms with E-state index in [4.69, 9.17) is 10.5 Å². The van der Waals surface area contributed by atoms with E-state index in [-0.39, 0.29) is 18.4 Å². The summed E-state index contributed by atoms with van der Waals surface area (Å²) in [6, 6.07) is 3.43. The molecule has 148 valence electrons. The maximum Gasteiger partial charge on any atom is 0.265 e. The molecule has 1 aliphatic heterocycles. The molecule has 0 aromatic heterocycles. The van der Waals surface area contributed by atoms with Crippen LogP contribution in [0, 0.1) is 0 Å². The highest BCUT2D eigenvalue weighted by Crippen LogP contribution is 2.39. The van der Waals surface area contributed by atoms with Crippen molar-refractivity contribution in [3.63, 3.8) is 0 Å². The van der Waals surface area contributed by atoms with Crippen LogP contribution >= 0.6 is 15.9 Å². The van der Waals surface area contributed by atoms with Crippen molar-refractivity contribution in [3.8, 4) is 5.75 Å². The molecule has 7 nitrogen and oxygen atoms in total. The van der Waals surface area contributed by atoms with Crippen LogP contribution in [0.4, 0.5) is 11.4 Å². The third-order valence-corrected chi connectivity index (χ3v) is 5.46. The quantitative estimate of drug-likeness (QED) is 0.676. The molecule has 3 amide bonds. The number of carbonyl (C=O) groups is 3. The maximum atomic E-state index is 12.8. The SMILES string of the molecule is CC=CCN1C(=O)COc2cc(Br)c(NC(=O)C3=C(C(N)=O)CCCC3)cc21. The van der Waals surface area contributed by atoms with Crippen LogP contribution in [-0.4, -0.2) is 30.9 Å². The minimum atomic E-state index is -0.550. The number of nitrogens with zero attached hydrogens (tertiary/aromatic N) is 1. The second-order valence-electron chi connectivity index (χ2n) is 6.64. The van der Waals surface area contributed by atoms with E-state index in [1.54, 1.807) is 17.0 Å². The van der Waals surface area contributed by atoms with Crippen LogP contribution in [0.1, 0.15) is 32.6 Å². The predicted octanol–water partition coefficient (Wildman–Crippen LogP) is 3.05. The zero-order valence-corrected chi connectivity index (χ0v) is 17.2. The molecule has 0 bridgehead atoms. The number of nitrogens with two attached hydrogens (primary N) is 1. The summed E-state index contributed by atoms with van der Waals surface area (Å²) in [6.45, 7) is 2.27. The van der Waals surface area contributed by atoms with E-state index in [1.807, 2.05) is 19.1 Å². The van der Waals surface area contributed by atoms with Gasteiger partial charge < -0.3 is 20.7 Å². The summed E-state index contributed by atoms with van der Waals surface area (Å²) >= 11 is 3.44. The molecule has 3 N–H and O–H groups in total. The number of fused-ring (bicyclic) bond motifs is 1. The van der Waals surface area contributed by atoms with Gasteiger partial charge in [0.05, 0.1) is 11.4 Å². The Bertz CT molecular complexity index is 892. The smallest absolute Gasteiger partial charge is 0.265 e. The number of hydrogen-bond donors (Lipinski definition) is 2. The fourth-order valence-corrected chi connectivity index (χ4v) is 3.78. The molecule has 0 unspecified atom stereocenters. The van der Waals surface area contributed by atoms with Gasteiger partial charge in [0.25, 0.3) is 11.8 Å². The van der Waals surface area contributed by atoms with Crippen LogP contribution in [0.5, 0.6) is 5.75 Å². The molecule has 0 fully saturated rings. The first-order valence-corrected chi connectivity index (χ1v) is 9.92. The standard InChI is InChI=1S/C20H22BrN3O4/c1-2-3-8-24-16-10-15(14(21)9-17(16)28-11-18(24)25)23-20(27)13-7-5-4-6-12(13)19(22)26/h2-3,9-10H,4-8,11H2,1H3,(H2,22,26)(H,23,27). The molecule has 0 spiro atoms. The number of allylic oxidation sites excluding steroid dienone is 1. The zero-order chi connectivity index (χ0) is 20.3. The summed E-state index contributed by atoms with van der Waals surface area (Å²) in [7, 11) is 0. The van der Waals surface area contributed by atoms with Gasteiger partial charge in [-0.15, -0.1) is 0 Å². The summed E-state index contributed by atoms with van der Waals surface area (Å²) < 4.78 is 6.15. The highest BCUT2D eigenvalue weighted by molar-refractivity contribution is 9.10. The number of benzene rings is 1. The number of primary amides is 1. The summed E-state index contributed by atoms with van der Waals surface area (Å²) in [5.74, 6) is -0.497. The Morgan fingerprint density at radius 3 is 2.68 bits per heavy atom. The van der Waals surface area contributed by atoms with E-state index in [9.17, 15) is 14.4 Å². The fourth-order valence-electron chi connectivity index (χ4n) is 3.35. The third kappa shape index (κ3) is 4.11. The Hall–Kier alpha value is -2.61. The predicted molar refractivity (Wildman–Crippen MR) is 110 cm³/mol. The van der Waals surface area contributed by atoms with Gasteiger partial charge in [0, 0.05) is 22.2 Å². The summed E-state index contributed by atoms with van der Waals surface area (Å²) in [5.41, 5.74) is 7.34. The van der Waals surface area contributed by atoms with Crippen LogP contribution in [0.25, 0.3) is 0 Å². The van der Waals surface area contributed by atoms with Crippen LogP contribution in [0.3, 0.4) is 0 Å². The lowest BCUT2D eigenvalue weighted by Crippen LogP contribution is -2.39. The number of ether oxygens (including phenoxy) is 1. The highest BCUT2D eigenvalue weighted by atomic mass is 79.9. The topological polar surface area (TPSA) is 102 Å². The minimum absolute atomic E-state index is 0.0302.